The van der Waals surface area contributed by atoms with E-state index in [1.165, 1.54) is 33.8 Å². The number of fused-ring (bicyclic) bond motifs is 4. The maximum atomic E-state index is 6.04. The van der Waals surface area contributed by atoms with Gasteiger partial charge in [0.25, 0.3) is 0 Å². The Morgan fingerprint density at radius 3 is 2.77 bits per heavy atom. The van der Waals surface area contributed by atoms with E-state index in [1.807, 2.05) is 0 Å². The second kappa shape index (κ2) is 5.31. The van der Waals surface area contributed by atoms with Gasteiger partial charge in [0.1, 0.15) is 5.75 Å². The molecule has 22 heavy (non-hydrogen) atoms. The Labute approximate surface area is 131 Å². The molecular weight excluding hydrogens is 272 g/mol. The average Bonchev–Trinajstić information content (AvgIpc) is 2.97. The summed E-state index contributed by atoms with van der Waals surface area (Å²) in [5.74, 6) is 1.01. The van der Waals surface area contributed by atoms with Crippen molar-refractivity contribution < 1.29 is 4.74 Å². The van der Waals surface area contributed by atoms with Gasteiger partial charge in [-0.25, -0.2) is 0 Å². The van der Waals surface area contributed by atoms with E-state index in [9.17, 15) is 0 Å². The van der Waals surface area contributed by atoms with Gasteiger partial charge in [-0.1, -0.05) is 12.1 Å². The Morgan fingerprint density at radius 1 is 1.05 bits per heavy atom. The van der Waals surface area contributed by atoms with Crippen LogP contribution in [0.4, 0.5) is 5.69 Å². The molecule has 3 heteroatoms. The van der Waals surface area contributed by atoms with Gasteiger partial charge in [0.15, 0.2) is 0 Å². The fourth-order valence-electron chi connectivity index (χ4n) is 3.66. The van der Waals surface area contributed by atoms with Crippen LogP contribution in [-0.2, 0) is 19.5 Å². The van der Waals surface area contributed by atoms with E-state index < -0.39 is 0 Å². The van der Waals surface area contributed by atoms with Gasteiger partial charge in [-0.3, -0.25) is 4.98 Å². The Morgan fingerprint density at radius 2 is 1.86 bits per heavy atom. The molecule has 3 heterocycles. The summed E-state index contributed by atoms with van der Waals surface area (Å²) in [6.07, 6.45) is 3.27. The molecule has 114 valence electrons. The first-order valence-electron chi connectivity index (χ1n) is 8.18. The molecule has 0 unspecified atom stereocenters. The lowest BCUT2D eigenvalue weighted by atomic mass is 9.99. The molecule has 0 N–H and O–H groups in total. The standard InChI is InChI=1S/C19H22N2O/c1-13-15-11-21-12-16(15)14(2)20-17(13)7-5-6-10-22-19-9-4-3-8-18(19)21/h3-4,8-9H,5-7,10-12H2,1-2H3. The molecule has 4 rings (SSSR count). The number of ether oxygens (including phenoxy) is 1. The lowest BCUT2D eigenvalue weighted by Crippen LogP contribution is -2.16. The van der Waals surface area contributed by atoms with Gasteiger partial charge in [0, 0.05) is 24.5 Å². The molecular formula is C19H22N2O. The van der Waals surface area contributed by atoms with Gasteiger partial charge in [0.2, 0.25) is 0 Å². The van der Waals surface area contributed by atoms with E-state index in [2.05, 4.69) is 43.0 Å². The second-order valence-corrected chi connectivity index (χ2v) is 6.36. The molecule has 0 fully saturated rings. The summed E-state index contributed by atoms with van der Waals surface area (Å²) in [4.78, 5) is 7.32. The van der Waals surface area contributed by atoms with Gasteiger partial charge in [-0.2, -0.15) is 0 Å². The van der Waals surface area contributed by atoms with Crippen molar-refractivity contribution in [3.63, 3.8) is 0 Å². The largest absolute Gasteiger partial charge is 0.491 e. The molecule has 0 saturated carbocycles. The molecule has 0 atom stereocenters. The Bertz CT molecular complexity index is 724. The molecule has 3 nitrogen and oxygen atoms in total. The van der Waals surface area contributed by atoms with Crippen LogP contribution in [0.15, 0.2) is 24.3 Å². The Kier molecular flexibility index (Phi) is 3.29. The molecule has 0 amide bonds. The van der Waals surface area contributed by atoms with Crippen molar-refractivity contribution in [1.82, 2.24) is 4.98 Å². The molecule has 2 aromatic rings. The fourth-order valence-corrected chi connectivity index (χ4v) is 3.66. The maximum absolute atomic E-state index is 6.04. The van der Waals surface area contributed by atoms with Gasteiger partial charge in [-0.15, -0.1) is 0 Å². The molecule has 3 bridgehead atoms. The summed E-state index contributed by atoms with van der Waals surface area (Å²) in [5.41, 5.74) is 8.00. The van der Waals surface area contributed by atoms with E-state index >= 15 is 0 Å². The second-order valence-electron chi connectivity index (χ2n) is 6.36. The highest BCUT2D eigenvalue weighted by Gasteiger charge is 2.27. The number of aryl methyl sites for hydroxylation is 2. The lowest BCUT2D eigenvalue weighted by Gasteiger charge is -2.22. The van der Waals surface area contributed by atoms with Crippen LogP contribution < -0.4 is 9.64 Å². The van der Waals surface area contributed by atoms with Crippen LogP contribution in [0.3, 0.4) is 0 Å². The molecule has 0 radical (unpaired) electrons. The molecule has 1 aromatic carbocycles. The smallest absolute Gasteiger partial charge is 0.142 e. The predicted molar refractivity (Wildman–Crippen MR) is 88.5 cm³/mol. The van der Waals surface area contributed by atoms with Gasteiger partial charge >= 0.3 is 0 Å². The Hall–Kier alpha value is -2.03. The number of benzene rings is 1. The van der Waals surface area contributed by atoms with E-state index in [0.717, 1.165) is 44.7 Å². The van der Waals surface area contributed by atoms with Crippen molar-refractivity contribution in [3.8, 4) is 5.75 Å². The minimum absolute atomic E-state index is 0.785. The number of hydrogen-bond donors (Lipinski definition) is 0. The van der Waals surface area contributed by atoms with Crippen molar-refractivity contribution in [2.75, 3.05) is 11.5 Å². The zero-order valence-electron chi connectivity index (χ0n) is 13.4. The molecule has 2 aliphatic heterocycles. The minimum atomic E-state index is 0.785. The van der Waals surface area contributed by atoms with Crippen LogP contribution in [0.2, 0.25) is 0 Å². The van der Waals surface area contributed by atoms with E-state index in [0.29, 0.717) is 0 Å². The van der Waals surface area contributed by atoms with Crippen LogP contribution in [0.25, 0.3) is 0 Å². The number of para-hydroxylation sites is 2. The third kappa shape index (κ3) is 2.16. The molecule has 0 saturated heterocycles. The minimum Gasteiger partial charge on any atom is -0.491 e. The summed E-state index contributed by atoms with van der Waals surface area (Å²) in [5, 5.41) is 0. The first-order valence-corrected chi connectivity index (χ1v) is 8.18. The normalized spacial score (nSPS) is 16.7. The van der Waals surface area contributed by atoms with Crippen molar-refractivity contribution in [2.45, 2.75) is 46.2 Å². The van der Waals surface area contributed by atoms with Crippen molar-refractivity contribution in [3.05, 3.63) is 52.3 Å². The van der Waals surface area contributed by atoms with Crippen LogP contribution in [0, 0.1) is 13.8 Å². The fraction of sp³-hybridized carbons (Fsp3) is 0.421. The maximum Gasteiger partial charge on any atom is 0.142 e. The van der Waals surface area contributed by atoms with Crippen LogP contribution in [0.5, 0.6) is 5.75 Å². The SMILES string of the molecule is Cc1nc2c(C)c3c1CN(C3)c1ccccc1OCCCC2. The number of anilines is 1. The number of hydrogen-bond acceptors (Lipinski definition) is 3. The number of nitrogens with zero attached hydrogens (tertiary/aromatic N) is 2. The summed E-state index contributed by atoms with van der Waals surface area (Å²) in [6.45, 7) is 7.10. The van der Waals surface area contributed by atoms with Gasteiger partial charge in [0.05, 0.1) is 12.3 Å². The van der Waals surface area contributed by atoms with Gasteiger partial charge < -0.3 is 9.64 Å². The first kappa shape index (κ1) is 13.6. The van der Waals surface area contributed by atoms with Crippen LogP contribution in [0.1, 0.15) is 40.9 Å². The molecule has 0 aliphatic carbocycles. The highest BCUT2D eigenvalue weighted by atomic mass is 16.5. The highest BCUT2D eigenvalue weighted by molar-refractivity contribution is 5.62. The number of pyridine rings is 1. The summed E-state index contributed by atoms with van der Waals surface area (Å²) in [7, 11) is 0. The van der Waals surface area contributed by atoms with E-state index in [1.54, 1.807) is 0 Å². The van der Waals surface area contributed by atoms with Crippen molar-refractivity contribution >= 4 is 5.69 Å². The monoisotopic (exact) mass is 294 g/mol. The van der Waals surface area contributed by atoms with Crippen molar-refractivity contribution in [1.29, 1.82) is 0 Å². The highest BCUT2D eigenvalue weighted by Crippen LogP contribution is 2.37. The number of aromatic nitrogens is 1. The molecule has 0 spiro atoms. The van der Waals surface area contributed by atoms with Crippen LogP contribution >= 0.6 is 0 Å². The zero-order valence-corrected chi connectivity index (χ0v) is 13.4. The van der Waals surface area contributed by atoms with E-state index in [-0.39, 0.29) is 0 Å². The third-order valence-electron chi connectivity index (χ3n) is 4.96. The Balaban J connectivity index is 1.84. The third-order valence-corrected chi connectivity index (χ3v) is 4.96. The summed E-state index contributed by atoms with van der Waals surface area (Å²) >= 11 is 0. The zero-order chi connectivity index (χ0) is 15.1. The average molecular weight is 294 g/mol. The number of rotatable bonds is 0. The summed E-state index contributed by atoms with van der Waals surface area (Å²) in [6, 6.07) is 8.42. The van der Waals surface area contributed by atoms with Gasteiger partial charge in [-0.05, 0) is 61.9 Å². The van der Waals surface area contributed by atoms with E-state index in [4.69, 9.17) is 9.72 Å². The predicted octanol–water partition coefficient (Wildman–Crippen LogP) is 3.93. The van der Waals surface area contributed by atoms with Crippen LogP contribution in [-0.4, -0.2) is 11.6 Å². The lowest BCUT2D eigenvalue weighted by molar-refractivity contribution is 0.307. The molecule has 2 aliphatic rings. The summed E-state index contributed by atoms with van der Waals surface area (Å²) < 4.78 is 6.04. The topological polar surface area (TPSA) is 25.4 Å². The first-order chi connectivity index (χ1) is 10.7. The quantitative estimate of drug-likeness (QED) is 0.736. The molecule has 1 aromatic heterocycles. The van der Waals surface area contributed by atoms with Crippen molar-refractivity contribution in [2.24, 2.45) is 0 Å².